The van der Waals surface area contributed by atoms with Crippen LogP contribution in [0.4, 0.5) is 0 Å². The van der Waals surface area contributed by atoms with E-state index >= 15 is 0 Å². The van der Waals surface area contributed by atoms with E-state index in [9.17, 15) is 24.3 Å². The summed E-state index contributed by atoms with van der Waals surface area (Å²) in [6.45, 7) is 3.29. The van der Waals surface area contributed by atoms with E-state index in [-0.39, 0.29) is 12.3 Å². The van der Waals surface area contributed by atoms with Crippen molar-refractivity contribution in [3.63, 3.8) is 0 Å². The zero-order chi connectivity index (χ0) is 22.1. The van der Waals surface area contributed by atoms with Crippen molar-refractivity contribution in [2.75, 3.05) is 25.2 Å². The van der Waals surface area contributed by atoms with Gasteiger partial charge in [-0.3, -0.25) is 14.4 Å². The van der Waals surface area contributed by atoms with E-state index in [1.54, 1.807) is 13.8 Å². The highest BCUT2D eigenvalue weighted by molar-refractivity contribution is 7.98. The van der Waals surface area contributed by atoms with Crippen LogP contribution in [0.15, 0.2) is 0 Å². The summed E-state index contributed by atoms with van der Waals surface area (Å²) in [5, 5.41) is 23.4. The fourth-order valence-electron chi connectivity index (χ4n) is 3.10. The lowest BCUT2D eigenvalue weighted by molar-refractivity contribution is -0.145. The van der Waals surface area contributed by atoms with Gasteiger partial charge < -0.3 is 31.5 Å². The maximum absolute atomic E-state index is 13.0. The SMILES string of the molecule is CSCCC(NC(=O)C1CCCN1C(=O)C(NC(=O)C(N)CO)C(C)C)C(=O)O. The number of carbonyl (C=O) groups is 4. The second kappa shape index (κ2) is 12.0. The number of amides is 3. The molecular formula is C18H32N4O6S. The summed E-state index contributed by atoms with van der Waals surface area (Å²) in [4.78, 5) is 50.6. The van der Waals surface area contributed by atoms with Crippen molar-refractivity contribution in [3.8, 4) is 0 Å². The Morgan fingerprint density at radius 2 is 1.90 bits per heavy atom. The Balaban J connectivity index is 2.88. The summed E-state index contributed by atoms with van der Waals surface area (Å²) in [7, 11) is 0. The standard InChI is InChI=1S/C18H32N4O6S/c1-10(2)14(21-15(24)11(19)9-23)17(26)22-7-4-5-13(22)16(25)20-12(18(27)28)6-8-29-3/h10-14,23H,4-9,19H2,1-3H3,(H,20,25)(H,21,24)(H,27,28). The summed E-state index contributed by atoms with van der Waals surface area (Å²) >= 11 is 1.48. The number of carboxylic acids is 1. The van der Waals surface area contributed by atoms with Crippen LogP contribution in [0.25, 0.3) is 0 Å². The molecule has 166 valence electrons. The van der Waals surface area contributed by atoms with E-state index in [4.69, 9.17) is 10.8 Å². The first-order valence-corrected chi connectivity index (χ1v) is 11.0. The van der Waals surface area contributed by atoms with Gasteiger partial charge in [0.2, 0.25) is 17.7 Å². The van der Waals surface area contributed by atoms with E-state index in [2.05, 4.69) is 10.6 Å². The van der Waals surface area contributed by atoms with Crippen LogP contribution in [0.3, 0.4) is 0 Å². The molecule has 29 heavy (non-hydrogen) atoms. The molecule has 0 spiro atoms. The number of likely N-dealkylation sites (tertiary alicyclic amines) is 1. The average Bonchev–Trinajstić information content (AvgIpc) is 3.17. The van der Waals surface area contributed by atoms with E-state index in [0.29, 0.717) is 25.1 Å². The van der Waals surface area contributed by atoms with Crippen molar-refractivity contribution in [3.05, 3.63) is 0 Å². The molecule has 0 aromatic carbocycles. The minimum atomic E-state index is -1.14. The summed E-state index contributed by atoms with van der Waals surface area (Å²) < 4.78 is 0. The monoisotopic (exact) mass is 432 g/mol. The van der Waals surface area contributed by atoms with Crippen LogP contribution in [-0.2, 0) is 19.2 Å². The summed E-state index contributed by atoms with van der Waals surface area (Å²) in [5.74, 6) is -2.39. The molecule has 11 heteroatoms. The number of aliphatic hydroxyl groups excluding tert-OH is 1. The summed E-state index contributed by atoms with van der Waals surface area (Å²) in [6, 6.07) is -3.85. The molecule has 0 saturated carbocycles. The van der Waals surface area contributed by atoms with Crippen molar-refractivity contribution in [2.45, 2.75) is 57.3 Å². The number of rotatable bonds is 11. The number of nitrogens with two attached hydrogens (primary N) is 1. The van der Waals surface area contributed by atoms with Gasteiger partial charge in [-0.2, -0.15) is 11.8 Å². The minimum absolute atomic E-state index is 0.269. The number of nitrogens with zero attached hydrogens (tertiary/aromatic N) is 1. The number of aliphatic carboxylic acids is 1. The number of hydrogen-bond donors (Lipinski definition) is 5. The Hall–Kier alpha value is -1.85. The third-order valence-corrected chi connectivity index (χ3v) is 5.47. The molecule has 1 rings (SSSR count). The molecule has 1 aliphatic heterocycles. The molecule has 0 radical (unpaired) electrons. The van der Waals surface area contributed by atoms with Crippen LogP contribution in [0.5, 0.6) is 0 Å². The lowest BCUT2D eigenvalue weighted by Gasteiger charge is -2.31. The Labute approximate surface area is 174 Å². The minimum Gasteiger partial charge on any atom is -0.480 e. The number of hydrogen-bond acceptors (Lipinski definition) is 7. The molecule has 0 aromatic heterocycles. The largest absolute Gasteiger partial charge is 0.480 e. The normalized spacial score (nSPS) is 19.5. The maximum Gasteiger partial charge on any atom is 0.326 e. The molecule has 1 heterocycles. The molecule has 0 bridgehead atoms. The first kappa shape index (κ1) is 25.2. The van der Waals surface area contributed by atoms with Gasteiger partial charge in [0.1, 0.15) is 24.2 Å². The second-order valence-electron chi connectivity index (χ2n) is 7.39. The predicted molar refractivity (Wildman–Crippen MR) is 109 cm³/mol. The topological polar surface area (TPSA) is 162 Å². The molecule has 3 amide bonds. The first-order valence-electron chi connectivity index (χ1n) is 9.63. The Morgan fingerprint density at radius 3 is 2.41 bits per heavy atom. The first-order chi connectivity index (χ1) is 13.6. The van der Waals surface area contributed by atoms with Crippen LogP contribution >= 0.6 is 11.8 Å². The molecule has 4 atom stereocenters. The smallest absolute Gasteiger partial charge is 0.326 e. The summed E-state index contributed by atoms with van der Waals surface area (Å²) in [5.41, 5.74) is 5.51. The second-order valence-corrected chi connectivity index (χ2v) is 8.38. The van der Waals surface area contributed by atoms with E-state index < -0.39 is 54.5 Å². The van der Waals surface area contributed by atoms with E-state index in [0.717, 1.165) is 0 Å². The molecule has 1 saturated heterocycles. The lowest BCUT2D eigenvalue weighted by Crippen LogP contribution is -2.58. The van der Waals surface area contributed by atoms with Gasteiger partial charge in [-0.1, -0.05) is 13.8 Å². The van der Waals surface area contributed by atoms with Crippen LogP contribution in [0.1, 0.15) is 33.1 Å². The highest BCUT2D eigenvalue weighted by Gasteiger charge is 2.39. The summed E-state index contributed by atoms with van der Waals surface area (Å²) in [6.07, 6.45) is 3.15. The average molecular weight is 433 g/mol. The lowest BCUT2D eigenvalue weighted by atomic mass is 10.0. The van der Waals surface area contributed by atoms with Crippen molar-refractivity contribution in [1.82, 2.24) is 15.5 Å². The van der Waals surface area contributed by atoms with Gasteiger partial charge in [-0.15, -0.1) is 0 Å². The quantitative estimate of drug-likeness (QED) is 0.271. The van der Waals surface area contributed by atoms with Gasteiger partial charge in [0.05, 0.1) is 6.61 Å². The molecule has 0 aromatic rings. The molecule has 1 fully saturated rings. The van der Waals surface area contributed by atoms with E-state index in [1.165, 1.54) is 16.7 Å². The van der Waals surface area contributed by atoms with Crippen molar-refractivity contribution < 1.29 is 29.4 Å². The highest BCUT2D eigenvalue weighted by atomic mass is 32.2. The van der Waals surface area contributed by atoms with Crippen LogP contribution in [0, 0.1) is 5.92 Å². The highest BCUT2D eigenvalue weighted by Crippen LogP contribution is 2.21. The van der Waals surface area contributed by atoms with Gasteiger partial charge in [-0.05, 0) is 37.2 Å². The van der Waals surface area contributed by atoms with Crippen molar-refractivity contribution in [1.29, 1.82) is 0 Å². The predicted octanol–water partition coefficient (Wildman–Crippen LogP) is -1.24. The van der Waals surface area contributed by atoms with Gasteiger partial charge in [0, 0.05) is 6.54 Å². The van der Waals surface area contributed by atoms with Gasteiger partial charge in [-0.25, -0.2) is 4.79 Å². The molecule has 4 unspecified atom stereocenters. The maximum atomic E-state index is 13.0. The van der Waals surface area contributed by atoms with Gasteiger partial charge in [0.25, 0.3) is 0 Å². The van der Waals surface area contributed by atoms with Crippen molar-refractivity contribution >= 4 is 35.5 Å². The Kier molecular flexibility index (Phi) is 10.4. The van der Waals surface area contributed by atoms with Gasteiger partial charge >= 0.3 is 5.97 Å². The van der Waals surface area contributed by atoms with Crippen LogP contribution in [0.2, 0.25) is 0 Å². The van der Waals surface area contributed by atoms with E-state index in [1.807, 2.05) is 6.26 Å². The fourth-order valence-corrected chi connectivity index (χ4v) is 3.57. The number of nitrogens with one attached hydrogen (secondary N) is 2. The van der Waals surface area contributed by atoms with Crippen molar-refractivity contribution in [2.24, 2.45) is 11.7 Å². The number of carboxylic acid groups (broad SMARTS) is 1. The fraction of sp³-hybridized carbons (Fsp3) is 0.778. The van der Waals surface area contributed by atoms with Crippen LogP contribution < -0.4 is 16.4 Å². The number of aliphatic hydroxyl groups is 1. The molecule has 6 N–H and O–H groups in total. The van der Waals surface area contributed by atoms with Gasteiger partial charge in [0.15, 0.2) is 0 Å². The zero-order valence-electron chi connectivity index (χ0n) is 17.1. The molecule has 1 aliphatic rings. The molecule has 10 nitrogen and oxygen atoms in total. The number of thioether (sulfide) groups is 1. The molecule has 0 aliphatic carbocycles. The Morgan fingerprint density at radius 1 is 1.24 bits per heavy atom. The zero-order valence-corrected chi connectivity index (χ0v) is 17.9. The van der Waals surface area contributed by atoms with Crippen LogP contribution in [-0.4, -0.2) is 88.1 Å². The third-order valence-electron chi connectivity index (χ3n) is 4.83. The molecular weight excluding hydrogens is 400 g/mol. The Bertz CT molecular complexity index is 603. The number of carbonyl (C=O) groups excluding carboxylic acids is 3. The third kappa shape index (κ3) is 7.16.